The highest BCUT2D eigenvalue weighted by Crippen LogP contribution is 2.13. The SMILES string of the molecule is O=C(O)CSc1n[nH]c(=O)n1CCc1ccc(F)cc1. The monoisotopic (exact) mass is 297 g/mol. The molecule has 2 rings (SSSR count). The summed E-state index contributed by atoms with van der Waals surface area (Å²) >= 11 is 0.975. The Balaban J connectivity index is 2.05. The van der Waals surface area contributed by atoms with Crippen molar-refractivity contribution < 1.29 is 14.3 Å². The maximum Gasteiger partial charge on any atom is 0.343 e. The van der Waals surface area contributed by atoms with Gasteiger partial charge in [-0.15, -0.1) is 5.10 Å². The van der Waals surface area contributed by atoms with Gasteiger partial charge in [-0.05, 0) is 24.1 Å². The second-order valence-electron chi connectivity index (χ2n) is 4.02. The molecule has 20 heavy (non-hydrogen) atoms. The number of carboxylic acid groups (broad SMARTS) is 1. The molecule has 106 valence electrons. The highest BCUT2D eigenvalue weighted by atomic mass is 32.2. The second kappa shape index (κ2) is 6.38. The molecule has 0 aliphatic rings. The van der Waals surface area contributed by atoms with Crippen molar-refractivity contribution in [3.8, 4) is 0 Å². The molecule has 0 aliphatic carbocycles. The van der Waals surface area contributed by atoms with Gasteiger partial charge < -0.3 is 5.11 Å². The summed E-state index contributed by atoms with van der Waals surface area (Å²) in [5.74, 6) is -1.46. The molecule has 8 heteroatoms. The molecule has 1 aromatic heterocycles. The Hall–Kier alpha value is -2.09. The smallest absolute Gasteiger partial charge is 0.343 e. The number of halogens is 1. The van der Waals surface area contributed by atoms with Gasteiger partial charge in [0.25, 0.3) is 0 Å². The van der Waals surface area contributed by atoms with E-state index >= 15 is 0 Å². The number of carboxylic acids is 1. The fraction of sp³-hybridized carbons (Fsp3) is 0.250. The average Bonchev–Trinajstić information content (AvgIpc) is 2.76. The van der Waals surface area contributed by atoms with Crippen LogP contribution in [0.25, 0.3) is 0 Å². The van der Waals surface area contributed by atoms with Crippen molar-refractivity contribution in [1.29, 1.82) is 0 Å². The molecule has 1 heterocycles. The Morgan fingerprint density at radius 2 is 2.10 bits per heavy atom. The molecule has 0 radical (unpaired) electrons. The third-order valence-electron chi connectivity index (χ3n) is 2.59. The highest BCUT2D eigenvalue weighted by molar-refractivity contribution is 7.99. The van der Waals surface area contributed by atoms with Crippen LogP contribution in [0.1, 0.15) is 5.56 Å². The zero-order valence-electron chi connectivity index (χ0n) is 10.4. The molecule has 0 saturated carbocycles. The molecule has 0 fully saturated rings. The molecule has 0 spiro atoms. The van der Waals surface area contributed by atoms with Gasteiger partial charge in [0.1, 0.15) is 5.82 Å². The normalized spacial score (nSPS) is 10.7. The van der Waals surface area contributed by atoms with E-state index in [1.54, 1.807) is 12.1 Å². The lowest BCUT2D eigenvalue weighted by atomic mass is 10.1. The van der Waals surface area contributed by atoms with E-state index in [0.717, 1.165) is 17.3 Å². The quantitative estimate of drug-likeness (QED) is 0.780. The fourth-order valence-electron chi connectivity index (χ4n) is 1.63. The summed E-state index contributed by atoms with van der Waals surface area (Å²) in [4.78, 5) is 22.1. The van der Waals surface area contributed by atoms with E-state index in [9.17, 15) is 14.0 Å². The molecule has 0 atom stereocenters. The topological polar surface area (TPSA) is 88.0 Å². The van der Waals surface area contributed by atoms with Crippen LogP contribution in [-0.4, -0.2) is 31.6 Å². The van der Waals surface area contributed by atoms with Crippen LogP contribution in [0.15, 0.2) is 34.2 Å². The lowest BCUT2D eigenvalue weighted by Crippen LogP contribution is -2.19. The van der Waals surface area contributed by atoms with Crippen LogP contribution >= 0.6 is 11.8 Å². The zero-order valence-corrected chi connectivity index (χ0v) is 11.2. The number of hydrogen-bond acceptors (Lipinski definition) is 4. The number of nitrogens with one attached hydrogen (secondary N) is 1. The minimum absolute atomic E-state index is 0.166. The number of aryl methyl sites for hydroxylation is 1. The summed E-state index contributed by atoms with van der Waals surface area (Å²) in [6, 6.07) is 6.00. The van der Waals surface area contributed by atoms with Gasteiger partial charge in [-0.1, -0.05) is 23.9 Å². The molecule has 0 saturated heterocycles. The Morgan fingerprint density at radius 1 is 1.40 bits per heavy atom. The number of rotatable bonds is 6. The van der Waals surface area contributed by atoms with Gasteiger partial charge in [-0.25, -0.2) is 14.3 Å². The number of aliphatic carboxylic acids is 1. The molecule has 0 aliphatic heterocycles. The van der Waals surface area contributed by atoms with Crippen molar-refractivity contribution in [2.75, 3.05) is 5.75 Å². The first-order valence-corrected chi connectivity index (χ1v) is 6.79. The van der Waals surface area contributed by atoms with Gasteiger partial charge in [0.15, 0.2) is 5.16 Å². The van der Waals surface area contributed by atoms with E-state index in [2.05, 4.69) is 10.2 Å². The molecular weight excluding hydrogens is 285 g/mol. The molecule has 0 unspecified atom stereocenters. The Morgan fingerprint density at radius 3 is 2.75 bits per heavy atom. The van der Waals surface area contributed by atoms with Crippen LogP contribution in [0, 0.1) is 5.82 Å². The first-order valence-electron chi connectivity index (χ1n) is 5.80. The largest absolute Gasteiger partial charge is 0.481 e. The molecule has 0 amide bonds. The molecular formula is C12H12FN3O3S. The predicted molar refractivity (Wildman–Crippen MR) is 71.3 cm³/mol. The Labute approximate surface area is 117 Å². The van der Waals surface area contributed by atoms with Gasteiger partial charge in [-0.3, -0.25) is 9.36 Å². The number of carbonyl (C=O) groups is 1. The van der Waals surface area contributed by atoms with E-state index < -0.39 is 5.97 Å². The number of thioether (sulfide) groups is 1. The predicted octanol–water partition coefficient (Wildman–Crippen LogP) is 1.13. The summed E-state index contributed by atoms with van der Waals surface area (Å²) in [5.41, 5.74) is 0.494. The lowest BCUT2D eigenvalue weighted by Gasteiger charge is -2.04. The number of aromatic nitrogens is 3. The zero-order chi connectivity index (χ0) is 14.5. The van der Waals surface area contributed by atoms with E-state index in [0.29, 0.717) is 18.1 Å². The van der Waals surface area contributed by atoms with Crippen molar-refractivity contribution in [3.05, 3.63) is 46.1 Å². The maximum atomic E-state index is 12.8. The Bertz CT molecular complexity index is 651. The van der Waals surface area contributed by atoms with Gasteiger partial charge in [0, 0.05) is 6.54 Å². The second-order valence-corrected chi connectivity index (χ2v) is 4.96. The molecule has 6 nitrogen and oxygen atoms in total. The summed E-state index contributed by atoms with van der Waals surface area (Å²) in [5, 5.41) is 15.0. The van der Waals surface area contributed by atoms with Crippen molar-refractivity contribution >= 4 is 17.7 Å². The summed E-state index contributed by atoms with van der Waals surface area (Å²) in [7, 11) is 0. The van der Waals surface area contributed by atoms with Gasteiger partial charge in [-0.2, -0.15) is 0 Å². The number of benzene rings is 1. The van der Waals surface area contributed by atoms with Crippen molar-refractivity contribution in [1.82, 2.24) is 14.8 Å². The minimum Gasteiger partial charge on any atom is -0.481 e. The first-order chi connectivity index (χ1) is 9.56. The summed E-state index contributed by atoms with van der Waals surface area (Å²) in [6.07, 6.45) is 0.528. The number of aromatic amines is 1. The minimum atomic E-state index is -0.976. The summed E-state index contributed by atoms with van der Waals surface area (Å²) < 4.78 is 14.1. The van der Waals surface area contributed by atoms with Crippen LogP contribution in [0.3, 0.4) is 0 Å². The summed E-state index contributed by atoms with van der Waals surface area (Å²) in [6.45, 7) is 0.350. The first kappa shape index (κ1) is 14.3. The molecule has 2 aromatic rings. The van der Waals surface area contributed by atoms with Crippen molar-refractivity contribution in [2.45, 2.75) is 18.1 Å². The van der Waals surface area contributed by atoms with Gasteiger partial charge >= 0.3 is 11.7 Å². The average molecular weight is 297 g/mol. The van der Waals surface area contributed by atoms with E-state index in [4.69, 9.17) is 5.11 Å². The maximum absolute atomic E-state index is 12.8. The van der Waals surface area contributed by atoms with E-state index in [1.165, 1.54) is 16.7 Å². The van der Waals surface area contributed by atoms with Gasteiger partial charge in [0.05, 0.1) is 5.75 Å². The molecule has 1 aromatic carbocycles. The van der Waals surface area contributed by atoms with Crippen LogP contribution in [0.5, 0.6) is 0 Å². The number of H-pyrrole nitrogens is 1. The fourth-order valence-corrected chi connectivity index (χ4v) is 2.32. The van der Waals surface area contributed by atoms with E-state index in [-0.39, 0.29) is 17.3 Å². The highest BCUT2D eigenvalue weighted by Gasteiger charge is 2.10. The van der Waals surface area contributed by atoms with Crippen LogP contribution in [0.2, 0.25) is 0 Å². The van der Waals surface area contributed by atoms with E-state index in [1.807, 2.05) is 0 Å². The number of hydrogen-bond donors (Lipinski definition) is 2. The Kier molecular flexibility index (Phi) is 4.57. The molecule has 0 bridgehead atoms. The van der Waals surface area contributed by atoms with Crippen LogP contribution < -0.4 is 5.69 Å². The third-order valence-corrected chi connectivity index (χ3v) is 3.55. The third kappa shape index (κ3) is 3.70. The van der Waals surface area contributed by atoms with Crippen molar-refractivity contribution in [3.63, 3.8) is 0 Å². The van der Waals surface area contributed by atoms with Crippen LogP contribution in [-0.2, 0) is 17.8 Å². The van der Waals surface area contributed by atoms with Gasteiger partial charge in [0.2, 0.25) is 0 Å². The standard InChI is InChI=1S/C12H12FN3O3S/c13-9-3-1-8(2-4-9)5-6-16-11(19)14-15-12(16)20-7-10(17)18/h1-4H,5-7H2,(H,14,19)(H,17,18). The van der Waals surface area contributed by atoms with Crippen LogP contribution in [0.4, 0.5) is 4.39 Å². The van der Waals surface area contributed by atoms with Crippen molar-refractivity contribution in [2.24, 2.45) is 0 Å². The lowest BCUT2D eigenvalue weighted by molar-refractivity contribution is -0.133. The molecule has 2 N–H and O–H groups in total. The number of nitrogens with zero attached hydrogens (tertiary/aromatic N) is 2.